The van der Waals surface area contributed by atoms with Crippen LogP contribution in [0.5, 0.6) is 11.5 Å². The fraction of sp³-hybridized carbons (Fsp3) is 0.619. The fourth-order valence-electron chi connectivity index (χ4n) is 3.35. The molecular weight excluding hydrogens is 390 g/mol. The second-order valence-corrected chi connectivity index (χ2v) is 8.89. The van der Waals surface area contributed by atoms with Crippen LogP contribution >= 0.6 is 11.8 Å². The highest BCUT2D eigenvalue weighted by Crippen LogP contribution is 2.43. The maximum Gasteiger partial charge on any atom is 0.242 e. The third kappa shape index (κ3) is 6.02. The first-order valence-corrected chi connectivity index (χ1v) is 10.9. The summed E-state index contributed by atoms with van der Waals surface area (Å²) >= 11 is 1.54. The van der Waals surface area contributed by atoms with Gasteiger partial charge in [-0.05, 0) is 44.1 Å². The van der Waals surface area contributed by atoms with E-state index in [1.54, 1.807) is 19.1 Å². The number of hydrogen-bond donors (Lipinski definition) is 1. The van der Waals surface area contributed by atoms with Crippen molar-refractivity contribution in [1.82, 2.24) is 15.1 Å². The molecular formula is C21H33N3O4S. The largest absolute Gasteiger partial charge is 0.493 e. The highest BCUT2D eigenvalue weighted by molar-refractivity contribution is 8.00. The molecule has 1 N–H and O–H groups in total. The second kappa shape index (κ2) is 10.7. The molecule has 2 rings (SSSR count). The van der Waals surface area contributed by atoms with Gasteiger partial charge in [0, 0.05) is 13.1 Å². The highest BCUT2D eigenvalue weighted by Gasteiger charge is 2.41. The third-order valence-corrected chi connectivity index (χ3v) is 6.02. The van der Waals surface area contributed by atoms with E-state index in [1.165, 1.54) is 11.8 Å². The van der Waals surface area contributed by atoms with Crippen molar-refractivity contribution < 1.29 is 19.1 Å². The van der Waals surface area contributed by atoms with Crippen LogP contribution in [0.2, 0.25) is 0 Å². The number of rotatable bonds is 10. The minimum absolute atomic E-state index is 0.0109. The molecule has 0 bridgehead atoms. The molecule has 0 saturated carbocycles. The third-order valence-electron chi connectivity index (χ3n) is 4.79. The Kier molecular flexibility index (Phi) is 8.64. The number of hydrogen-bond acceptors (Lipinski definition) is 6. The summed E-state index contributed by atoms with van der Waals surface area (Å²) in [5, 5.41) is 2.77. The van der Waals surface area contributed by atoms with E-state index in [2.05, 4.69) is 19.2 Å². The van der Waals surface area contributed by atoms with E-state index < -0.39 is 6.04 Å². The Bertz CT molecular complexity index is 711. The molecule has 8 heteroatoms. The average Bonchev–Trinajstić information content (AvgIpc) is 3.06. The summed E-state index contributed by atoms with van der Waals surface area (Å²) in [5.41, 5.74) is 0.924. The smallest absolute Gasteiger partial charge is 0.242 e. The Hall–Kier alpha value is -1.93. The zero-order valence-corrected chi connectivity index (χ0v) is 19.0. The summed E-state index contributed by atoms with van der Waals surface area (Å²) in [4.78, 5) is 29.6. The number of amides is 2. The van der Waals surface area contributed by atoms with Gasteiger partial charge in [0.2, 0.25) is 11.8 Å². The molecule has 1 aromatic rings. The van der Waals surface area contributed by atoms with E-state index in [1.807, 2.05) is 37.2 Å². The van der Waals surface area contributed by atoms with Crippen molar-refractivity contribution in [2.24, 2.45) is 5.92 Å². The molecule has 2 amide bonds. The number of nitrogens with one attached hydrogen (secondary N) is 1. The number of benzene rings is 1. The molecule has 1 fully saturated rings. The Labute approximate surface area is 178 Å². The van der Waals surface area contributed by atoms with Gasteiger partial charge in [-0.15, -0.1) is 11.8 Å². The number of methoxy groups -OCH3 is 2. The van der Waals surface area contributed by atoms with Crippen LogP contribution in [0.3, 0.4) is 0 Å². The summed E-state index contributed by atoms with van der Waals surface area (Å²) in [5.74, 6) is 1.78. The standard InChI is InChI=1S/C21H33N3O4S/c1-14(2)11-16(20(26)22-9-10-23(3)4)24-19(25)13-29-21(24)15-7-8-17(27-5)18(12-15)28-6/h7-8,12,14,16,21H,9-11,13H2,1-6H3,(H,22,26)/t16-,21-/m1/s1. The number of ether oxygens (including phenoxy) is 2. The van der Waals surface area contributed by atoms with Crippen LogP contribution in [0.15, 0.2) is 18.2 Å². The summed E-state index contributed by atoms with van der Waals surface area (Å²) in [6.07, 6.45) is 0.615. The van der Waals surface area contributed by atoms with Crippen molar-refractivity contribution in [3.8, 4) is 11.5 Å². The minimum atomic E-state index is -0.502. The molecule has 0 unspecified atom stereocenters. The lowest BCUT2D eigenvalue weighted by atomic mass is 10.0. The monoisotopic (exact) mass is 423 g/mol. The highest BCUT2D eigenvalue weighted by atomic mass is 32.2. The van der Waals surface area contributed by atoms with E-state index in [9.17, 15) is 9.59 Å². The van der Waals surface area contributed by atoms with Crippen LogP contribution in [-0.2, 0) is 9.59 Å². The summed E-state index contributed by atoms with van der Waals surface area (Å²) < 4.78 is 10.7. The quantitative estimate of drug-likeness (QED) is 0.623. The van der Waals surface area contributed by atoms with Crippen LogP contribution < -0.4 is 14.8 Å². The topological polar surface area (TPSA) is 71.1 Å². The van der Waals surface area contributed by atoms with Gasteiger partial charge in [0.1, 0.15) is 11.4 Å². The Morgan fingerprint density at radius 2 is 1.97 bits per heavy atom. The maximum atomic E-state index is 13.0. The normalized spacial score (nSPS) is 17.7. The van der Waals surface area contributed by atoms with Gasteiger partial charge in [-0.3, -0.25) is 9.59 Å². The van der Waals surface area contributed by atoms with Gasteiger partial charge in [0.25, 0.3) is 0 Å². The van der Waals surface area contributed by atoms with E-state index in [0.29, 0.717) is 30.2 Å². The first-order chi connectivity index (χ1) is 13.8. The number of carbonyl (C=O) groups is 2. The van der Waals surface area contributed by atoms with E-state index >= 15 is 0 Å². The fourth-order valence-corrected chi connectivity index (χ4v) is 4.56. The molecule has 162 valence electrons. The molecule has 1 aliphatic rings. The van der Waals surface area contributed by atoms with Crippen LogP contribution in [0.1, 0.15) is 31.2 Å². The summed E-state index contributed by atoms with van der Waals surface area (Å²) in [6.45, 7) is 5.44. The van der Waals surface area contributed by atoms with Gasteiger partial charge >= 0.3 is 0 Å². The van der Waals surface area contributed by atoms with E-state index in [4.69, 9.17) is 9.47 Å². The van der Waals surface area contributed by atoms with Crippen LogP contribution in [-0.4, -0.2) is 74.8 Å². The number of likely N-dealkylation sites (N-methyl/N-ethyl adjacent to an activating group) is 1. The molecule has 0 radical (unpaired) electrons. The summed E-state index contributed by atoms with van der Waals surface area (Å²) in [7, 11) is 7.11. The van der Waals surface area contributed by atoms with Crippen molar-refractivity contribution >= 4 is 23.6 Å². The van der Waals surface area contributed by atoms with E-state index in [0.717, 1.165) is 12.1 Å². The van der Waals surface area contributed by atoms with Crippen molar-refractivity contribution in [2.75, 3.05) is 47.2 Å². The second-order valence-electron chi connectivity index (χ2n) is 7.82. The van der Waals surface area contributed by atoms with Crippen molar-refractivity contribution in [3.05, 3.63) is 23.8 Å². The Morgan fingerprint density at radius 3 is 2.55 bits per heavy atom. The SMILES string of the molecule is COc1ccc([C@H]2SCC(=O)N2[C@H](CC(C)C)C(=O)NCCN(C)C)cc1OC. The molecule has 2 atom stereocenters. The van der Waals surface area contributed by atoms with Gasteiger partial charge in [0.05, 0.1) is 20.0 Å². The van der Waals surface area contributed by atoms with E-state index in [-0.39, 0.29) is 23.1 Å². The molecule has 1 saturated heterocycles. The predicted octanol–water partition coefficient (Wildman–Crippen LogP) is 2.37. The molecule has 1 heterocycles. The molecule has 1 aliphatic heterocycles. The van der Waals surface area contributed by atoms with Crippen LogP contribution in [0.4, 0.5) is 0 Å². The van der Waals surface area contributed by atoms with Crippen molar-refractivity contribution in [1.29, 1.82) is 0 Å². The first-order valence-electron chi connectivity index (χ1n) is 9.85. The Morgan fingerprint density at radius 1 is 1.28 bits per heavy atom. The molecule has 0 aromatic heterocycles. The molecule has 7 nitrogen and oxygen atoms in total. The number of carbonyl (C=O) groups excluding carboxylic acids is 2. The van der Waals surface area contributed by atoms with Gasteiger partial charge in [-0.25, -0.2) is 0 Å². The Balaban J connectivity index is 2.29. The minimum Gasteiger partial charge on any atom is -0.493 e. The number of nitrogens with zero attached hydrogens (tertiary/aromatic N) is 2. The van der Waals surface area contributed by atoms with Crippen LogP contribution in [0.25, 0.3) is 0 Å². The first kappa shape index (κ1) is 23.3. The van der Waals surface area contributed by atoms with Gasteiger partial charge < -0.3 is 24.6 Å². The summed E-state index contributed by atoms with van der Waals surface area (Å²) in [6, 6.07) is 5.15. The van der Waals surface area contributed by atoms with Gasteiger partial charge in [-0.1, -0.05) is 19.9 Å². The predicted molar refractivity (Wildman–Crippen MR) is 116 cm³/mol. The zero-order valence-electron chi connectivity index (χ0n) is 18.2. The zero-order chi connectivity index (χ0) is 21.6. The van der Waals surface area contributed by atoms with Crippen molar-refractivity contribution in [2.45, 2.75) is 31.7 Å². The lowest BCUT2D eigenvalue weighted by molar-refractivity contribution is -0.139. The maximum absolute atomic E-state index is 13.0. The molecule has 0 aliphatic carbocycles. The van der Waals surface area contributed by atoms with Gasteiger partial charge in [-0.2, -0.15) is 0 Å². The average molecular weight is 424 g/mol. The number of thioether (sulfide) groups is 1. The van der Waals surface area contributed by atoms with Crippen molar-refractivity contribution in [3.63, 3.8) is 0 Å². The molecule has 29 heavy (non-hydrogen) atoms. The van der Waals surface area contributed by atoms with Gasteiger partial charge in [0.15, 0.2) is 11.5 Å². The van der Waals surface area contributed by atoms with Crippen LogP contribution in [0, 0.1) is 5.92 Å². The molecule has 0 spiro atoms. The molecule has 1 aromatic carbocycles. The lowest BCUT2D eigenvalue weighted by Gasteiger charge is -2.33. The lowest BCUT2D eigenvalue weighted by Crippen LogP contribution is -2.50.